The lowest BCUT2D eigenvalue weighted by atomic mass is 10.1. The van der Waals surface area contributed by atoms with Crippen LogP contribution in [0.1, 0.15) is 52.1 Å². The van der Waals surface area contributed by atoms with E-state index >= 15 is 0 Å². The fraction of sp³-hybridized carbons (Fsp3) is 0.652. The van der Waals surface area contributed by atoms with Crippen molar-refractivity contribution in [2.45, 2.75) is 52.2 Å². The van der Waals surface area contributed by atoms with Crippen molar-refractivity contribution >= 4 is 12.1 Å². The van der Waals surface area contributed by atoms with Crippen molar-refractivity contribution in [2.24, 2.45) is 4.99 Å². The van der Waals surface area contributed by atoms with Gasteiger partial charge in [0.2, 0.25) is 0 Å². The molecule has 0 bridgehead atoms. The predicted octanol–water partition coefficient (Wildman–Crippen LogP) is 2.91. The van der Waals surface area contributed by atoms with Crippen LogP contribution >= 0.6 is 0 Å². The third kappa shape index (κ3) is 9.04. The molecule has 8 nitrogen and oxygen atoms in total. The van der Waals surface area contributed by atoms with Crippen LogP contribution in [0.5, 0.6) is 5.75 Å². The lowest BCUT2D eigenvalue weighted by Gasteiger charge is -2.27. The summed E-state index contributed by atoms with van der Waals surface area (Å²) >= 11 is 0. The van der Waals surface area contributed by atoms with E-state index in [-0.39, 0.29) is 6.04 Å². The Kier molecular flexibility index (Phi) is 9.91. The first-order chi connectivity index (χ1) is 14.8. The van der Waals surface area contributed by atoms with E-state index in [1.807, 2.05) is 39.8 Å². The first kappa shape index (κ1) is 24.8. The van der Waals surface area contributed by atoms with E-state index in [2.05, 4.69) is 33.0 Å². The largest absolute Gasteiger partial charge is 0.497 e. The molecule has 1 amide bonds. The molecule has 0 radical (unpaired) electrons. The minimum atomic E-state index is -0.500. The number of amides is 1. The maximum Gasteiger partial charge on any atom is 0.407 e. The van der Waals surface area contributed by atoms with Crippen LogP contribution < -0.4 is 20.7 Å². The zero-order valence-electron chi connectivity index (χ0n) is 19.7. The Labute approximate surface area is 186 Å². The number of aliphatic imine (C=N–C) groups is 1. The average molecular weight is 434 g/mol. The number of nitrogens with zero attached hydrogens (tertiary/aromatic N) is 2. The van der Waals surface area contributed by atoms with Crippen molar-refractivity contribution in [3.05, 3.63) is 29.8 Å². The summed E-state index contributed by atoms with van der Waals surface area (Å²) in [6.07, 6.45) is 2.04. The van der Waals surface area contributed by atoms with E-state index in [0.29, 0.717) is 19.6 Å². The molecule has 0 spiro atoms. The van der Waals surface area contributed by atoms with Crippen LogP contribution in [0, 0.1) is 0 Å². The number of hydrogen-bond acceptors (Lipinski definition) is 5. The van der Waals surface area contributed by atoms with Crippen molar-refractivity contribution in [3.63, 3.8) is 0 Å². The zero-order valence-corrected chi connectivity index (χ0v) is 19.7. The Balaban J connectivity index is 1.95. The van der Waals surface area contributed by atoms with E-state index in [0.717, 1.165) is 31.3 Å². The number of likely N-dealkylation sites (tertiary alicyclic amines) is 1. The second-order valence-electron chi connectivity index (χ2n) is 8.61. The van der Waals surface area contributed by atoms with Gasteiger partial charge in [-0.2, -0.15) is 0 Å². The number of carbonyl (C=O) groups excluding carboxylic acids is 1. The third-order valence-electron chi connectivity index (χ3n) is 4.93. The van der Waals surface area contributed by atoms with Gasteiger partial charge < -0.3 is 25.4 Å². The number of alkyl carbamates (subject to hydrolysis) is 1. The van der Waals surface area contributed by atoms with Crippen molar-refractivity contribution in [2.75, 3.05) is 46.4 Å². The van der Waals surface area contributed by atoms with Gasteiger partial charge in [0.25, 0.3) is 0 Å². The van der Waals surface area contributed by atoms with Gasteiger partial charge in [0.05, 0.1) is 19.7 Å². The van der Waals surface area contributed by atoms with E-state index in [1.165, 1.54) is 18.4 Å². The molecule has 1 aliphatic rings. The molecule has 1 fully saturated rings. The molecule has 174 valence electrons. The number of methoxy groups -OCH3 is 1. The van der Waals surface area contributed by atoms with Crippen molar-refractivity contribution in [3.8, 4) is 5.75 Å². The quantitative estimate of drug-likeness (QED) is 0.315. The SMILES string of the molecule is CCNC(=NCC(c1ccc(OC)cc1)N1CCCC1)NCCNC(=O)OC(C)(C)C. The predicted molar refractivity (Wildman–Crippen MR) is 125 cm³/mol. The Morgan fingerprint density at radius 2 is 1.74 bits per heavy atom. The van der Waals surface area contributed by atoms with Crippen LogP contribution in [0.25, 0.3) is 0 Å². The first-order valence-electron chi connectivity index (χ1n) is 11.2. The number of ether oxygens (including phenoxy) is 2. The minimum absolute atomic E-state index is 0.226. The molecular formula is C23H39N5O3. The van der Waals surface area contributed by atoms with Crippen LogP contribution in [-0.4, -0.2) is 68.9 Å². The van der Waals surface area contributed by atoms with Gasteiger partial charge in [-0.05, 0) is 71.3 Å². The molecule has 2 rings (SSSR count). The average Bonchev–Trinajstić information content (AvgIpc) is 3.25. The highest BCUT2D eigenvalue weighted by molar-refractivity contribution is 5.79. The van der Waals surface area contributed by atoms with Crippen LogP contribution in [0.15, 0.2) is 29.3 Å². The van der Waals surface area contributed by atoms with Gasteiger partial charge in [0.15, 0.2) is 5.96 Å². The summed E-state index contributed by atoms with van der Waals surface area (Å²) in [7, 11) is 1.68. The molecule has 0 aromatic heterocycles. The summed E-state index contributed by atoms with van der Waals surface area (Å²) in [5.41, 5.74) is 0.744. The molecule has 3 N–H and O–H groups in total. The fourth-order valence-corrected chi connectivity index (χ4v) is 3.49. The molecule has 1 aliphatic heterocycles. The number of nitrogens with one attached hydrogen (secondary N) is 3. The summed E-state index contributed by atoms with van der Waals surface area (Å²) in [6, 6.07) is 8.50. The minimum Gasteiger partial charge on any atom is -0.497 e. The van der Waals surface area contributed by atoms with Crippen molar-refractivity contribution in [1.29, 1.82) is 0 Å². The number of carbonyl (C=O) groups is 1. The molecular weight excluding hydrogens is 394 g/mol. The third-order valence-corrected chi connectivity index (χ3v) is 4.93. The molecule has 0 saturated carbocycles. The lowest BCUT2D eigenvalue weighted by molar-refractivity contribution is 0.0529. The summed E-state index contributed by atoms with van der Waals surface area (Å²) in [4.78, 5) is 19.1. The van der Waals surface area contributed by atoms with Gasteiger partial charge in [-0.15, -0.1) is 0 Å². The van der Waals surface area contributed by atoms with Crippen LogP contribution in [0.2, 0.25) is 0 Å². The maximum absolute atomic E-state index is 11.8. The lowest BCUT2D eigenvalue weighted by Crippen LogP contribution is -2.43. The summed E-state index contributed by atoms with van der Waals surface area (Å²) in [6.45, 7) is 12.2. The highest BCUT2D eigenvalue weighted by Gasteiger charge is 2.23. The maximum atomic E-state index is 11.8. The van der Waals surface area contributed by atoms with E-state index < -0.39 is 11.7 Å². The van der Waals surface area contributed by atoms with Gasteiger partial charge in [0.1, 0.15) is 11.4 Å². The number of benzene rings is 1. The van der Waals surface area contributed by atoms with Crippen LogP contribution in [0.4, 0.5) is 4.79 Å². The summed E-state index contributed by atoms with van der Waals surface area (Å²) in [5, 5.41) is 9.32. The van der Waals surface area contributed by atoms with Crippen LogP contribution in [0.3, 0.4) is 0 Å². The molecule has 1 aromatic rings. The summed E-state index contributed by atoms with van der Waals surface area (Å²) < 4.78 is 10.6. The second-order valence-corrected chi connectivity index (χ2v) is 8.61. The highest BCUT2D eigenvalue weighted by Crippen LogP contribution is 2.27. The fourth-order valence-electron chi connectivity index (χ4n) is 3.49. The van der Waals surface area contributed by atoms with Crippen molar-refractivity contribution < 1.29 is 14.3 Å². The first-order valence-corrected chi connectivity index (χ1v) is 11.2. The van der Waals surface area contributed by atoms with Crippen LogP contribution in [-0.2, 0) is 4.74 Å². The summed E-state index contributed by atoms with van der Waals surface area (Å²) in [5.74, 6) is 1.60. The van der Waals surface area contributed by atoms with Crippen molar-refractivity contribution in [1.82, 2.24) is 20.9 Å². The smallest absolute Gasteiger partial charge is 0.407 e. The van der Waals surface area contributed by atoms with E-state index in [4.69, 9.17) is 14.5 Å². The molecule has 0 aliphatic carbocycles. The van der Waals surface area contributed by atoms with Gasteiger partial charge in [0, 0.05) is 19.6 Å². The molecule has 1 atom stereocenters. The normalized spacial score (nSPS) is 16.0. The van der Waals surface area contributed by atoms with Gasteiger partial charge >= 0.3 is 6.09 Å². The molecule has 1 heterocycles. The molecule has 1 unspecified atom stereocenters. The second kappa shape index (κ2) is 12.4. The molecule has 1 saturated heterocycles. The monoisotopic (exact) mass is 433 g/mol. The Morgan fingerprint density at radius 3 is 2.32 bits per heavy atom. The molecule has 31 heavy (non-hydrogen) atoms. The van der Waals surface area contributed by atoms with Gasteiger partial charge in [-0.3, -0.25) is 9.89 Å². The Hall–Kier alpha value is -2.48. The zero-order chi connectivity index (χ0) is 22.7. The van der Waals surface area contributed by atoms with Gasteiger partial charge in [-0.1, -0.05) is 12.1 Å². The number of hydrogen-bond donors (Lipinski definition) is 3. The standard InChI is InChI=1S/C23H39N5O3/c1-6-24-21(25-13-14-26-22(29)31-23(2,3)4)27-17-20(28-15-7-8-16-28)18-9-11-19(30-5)12-10-18/h9-12,20H,6-8,13-17H2,1-5H3,(H,26,29)(H2,24,25,27). The Morgan fingerprint density at radius 1 is 1.10 bits per heavy atom. The van der Waals surface area contributed by atoms with Gasteiger partial charge in [-0.25, -0.2) is 4.79 Å². The molecule has 8 heteroatoms. The van der Waals surface area contributed by atoms with E-state index in [9.17, 15) is 4.79 Å². The van der Waals surface area contributed by atoms with E-state index in [1.54, 1.807) is 7.11 Å². The molecule has 1 aromatic carbocycles. The Bertz CT molecular complexity index is 694. The highest BCUT2D eigenvalue weighted by atomic mass is 16.6. The number of rotatable bonds is 9. The number of guanidine groups is 1. The topological polar surface area (TPSA) is 87.2 Å².